The number of benzene rings is 1. The molecule has 2 aromatic rings. The molecule has 0 bridgehead atoms. The fourth-order valence-corrected chi connectivity index (χ4v) is 2.36. The molecule has 1 heterocycles. The Bertz CT molecular complexity index is 543. The molecule has 0 N–H and O–H groups in total. The Morgan fingerprint density at radius 2 is 1.83 bits per heavy atom. The van der Waals surface area contributed by atoms with Gasteiger partial charge in [0.05, 0.1) is 18.2 Å². The lowest BCUT2D eigenvalue weighted by atomic mass is 10.1. The Morgan fingerprint density at radius 1 is 1.22 bits per heavy atom. The number of aryl methyl sites for hydroxylation is 1. The maximum atomic E-state index is 13.9. The number of hydrogen-bond donors (Lipinski definition) is 0. The van der Waals surface area contributed by atoms with Gasteiger partial charge in [0.1, 0.15) is 23.1 Å². The molecule has 0 saturated carbocycles. The van der Waals surface area contributed by atoms with Crippen LogP contribution in [0, 0.1) is 18.6 Å². The van der Waals surface area contributed by atoms with Crippen molar-refractivity contribution in [3.05, 3.63) is 53.0 Å². The third-order valence-corrected chi connectivity index (χ3v) is 3.57. The molecule has 1 atom stereocenters. The van der Waals surface area contributed by atoms with Gasteiger partial charge in [-0.3, -0.25) is 0 Å². The van der Waals surface area contributed by atoms with Crippen molar-refractivity contribution in [2.75, 3.05) is 7.11 Å². The van der Waals surface area contributed by atoms with E-state index in [1.165, 1.54) is 13.4 Å². The van der Waals surface area contributed by atoms with Crippen molar-refractivity contribution in [3.8, 4) is 5.75 Å². The molecule has 0 aliphatic rings. The van der Waals surface area contributed by atoms with Gasteiger partial charge in [0.25, 0.3) is 0 Å². The summed E-state index contributed by atoms with van der Waals surface area (Å²) < 4.78 is 37.7. The molecule has 0 amide bonds. The second-order valence-electron chi connectivity index (χ2n) is 3.86. The minimum Gasteiger partial charge on any atom is -0.497 e. The fourth-order valence-electron chi connectivity index (χ4n) is 1.68. The van der Waals surface area contributed by atoms with Crippen molar-refractivity contribution in [3.63, 3.8) is 0 Å². The summed E-state index contributed by atoms with van der Waals surface area (Å²) in [5.41, 5.74) is 0.604. The average molecular weight is 317 g/mol. The van der Waals surface area contributed by atoms with E-state index in [2.05, 4.69) is 15.9 Å². The van der Waals surface area contributed by atoms with Gasteiger partial charge in [-0.2, -0.15) is 0 Å². The van der Waals surface area contributed by atoms with Crippen LogP contribution in [0.4, 0.5) is 8.78 Å². The average Bonchev–Trinajstić information content (AvgIpc) is 2.74. The first-order valence-corrected chi connectivity index (χ1v) is 6.16. The van der Waals surface area contributed by atoms with Gasteiger partial charge in [-0.1, -0.05) is 15.9 Å². The largest absolute Gasteiger partial charge is 0.497 e. The molecule has 0 radical (unpaired) electrons. The first kappa shape index (κ1) is 13.1. The zero-order valence-electron chi connectivity index (χ0n) is 9.84. The van der Waals surface area contributed by atoms with Crippen LogP contribution < -0.4 is 4.74 Å². The zero-order chi connectivity index (χ0) is 13.3. The van der Waals surface area contributed by atoms with Gasteiger partial charge in [-0.15, -0.1) is 0 Å². The van der Waals surface area contributed by atoms with E-state index in [1.807, 2.05) is 0 Å². The number of methoxy groups -OCH3 is 1. The van der Waals surface area contributed by atoms with Crippen molar-refractivity contribution in [1.29, 1.82) is 0 Å². The molecule has 1 aromatic carbocycles. The van der Waals surface area contributed by atoms with Gasteiger partial charge in [-0.25, -0.2) is 8.78 Å². The summed E-state index contributed by atoms with van der Waals surface area (Å²) in [6.07, 6.45) is 1.47. The summed E-state index contributed by atoms with van der Waals surface area (Å²) in [5, 5.41) is 0. The number of alkyl halides is 1. The van der Waals surface area contributed by atoms with Crippen molar-refractivity contribution in [2.45, 2.75) is 11.8 Å². The first-order valence-electron chi connectivity index (χ1n) is 5.25. The number of halogens is 3. The quantitative estimate of drug-likeness (QED) is 0.785. The number of rotatable bonds is 3. The zero-order valence-corrected chi connectivity index (χ0v) is 11.4. The standard InChI is InChI=1S/C13H11BrF2O2/c1-7-3-8(6-18-7)13(14)12-10(15)4-9(17-2)5-11(12)16/h3-6,13H,1-2H3. The summed E-state index contributed by atoms with van der Waals surface area (Å²) in [6.45, 7) is 1.77. The molecular weight excluding hydrogens is 306 g/mol. The molecule has 0 aliphatic carbocycles. The maximum absolute atomic E-state index is 13.9. The van der Waals surface area contributed by atoms with Crippen molar-refractivity contribution >= 4 is 15.9 Å². The van der Waals surface area contributed by atoms with E-state index >= 15 is 0 Å². The van der Waals surface area contributed by atoms with Crippen LogP contribution in [0.5, 0.6) is 5.75 Å². The van der Waals surface area contributed by atoms with E-state index in [9.17, 15) is 8.78 Å². The molecule has 0 aliphatic heterocycles. The van der Waals surface area contributed by atoms with Gasteiger partial charge in [0.15, 0.2) is 0 Å². The predicted octanol–water partition coefficient (Wildman–Crippen LogP) is 4.36. The minimum absolute atomic E-state index is 0.0587. The van der Waals surface area contributed by atoms with Crippen LogP contribution in [0.3, 0.4) is 0 Å². The van der Waals surface area contributed by atoms with Crippen LogP contribution in [0.1, 0.15) is 21.7 Å². The third-order valence-electron chi connectivity index (χ3n) is 2.59. The Morgan fingerprint density at radius 3 is 2.28 bits per heavy atom. The molecule has 2 nitrogen and oxygen atoms in total. The second-order valence-corrected chi connectivity index (χ2v) is 4.77. The van der Waals surface area contributed by atoms with E-state index in [1.54, 1.807) is 13.0 Å². The van der Waals surface area contributed by atoms with Crippen LogP contribution in [-0.4, -0.2) is 7.11 Å². The molecule has 0 spiro atoms. The predicted molar refractivity (Wildman–Crippen MR) is 67.1 cm³/mol. The highest BCUT2D eigenvalue weighted by Crippen LogP contribution is 2.36. The van der Waals surface area contributed by atoms with Crippen LogP contribution in [0.25, 0.3) is 0 Å². The Kier molecular flexibility index (Phi) is 3.71. The molecule has 1 aromatic heterocycles. The highest BCUT2D eigenvalue weighted by Gasteiger charge is 2.22. The van der Waals surface area contributed by atoms with E-state index in [0.29, 0.717) is 11.3 Å². The third kappa shape index (κ3) is 2.41. The smallest absolute Gasteiger partial charge is 0.134 e. The maximum Gasteiger partial charge on any atom is 0.134 e. The van der Waals surface area contributed by atoms with Gasteiger partial charge in [-0.05, 0) is 13.0 Å². The molecule has 0 fully saturated rings. The van der Waals surface area contributed by atoms with Gasteiger partial charge < -0.3 is 9.15 Å². The van der Waals surface area contributed by atoms with Crippen molar-refractivity contribution < 1.29 is 17.9 Å². The first-order chi connectivity index (χ1) is 8.52. The van der Waals surface area contributed by atoms with Crippen molar-refractivity contribution in [1.82, 2.24) is 0 Å². The van der Waals surface area contributed by atoms with E-state index < -0.39 is 16.5 Å². The van der Waals surface area contributed by atoms with E-state index in [0.717, 1.165) is 12.1 Å². The molecule has 5 heteroatoms. The molecule has 1 unspecified atom stereocenters. The van der Waals surface area contributed by atoms with Gasteiger partial charge in [0, 0.05) is 23.3 Å². The molecular formula is C13H11BrF2O2. The Hall–Kier alpha value is -1.36. The lowest BCUT2D eigenvalue weighted by Crippen LogP contribution is -2.01. The number of furan rings is 1. The number of ether oxygens (including phenoxy) is 1. The summed E-state index contributed by atoms with van der Waals surface area (Å²) in [4.78, 5) is -0.596. The van der Waals surface area contributed by atoms with Gasteiger partial charge >= 0.3 is 0 Å². The monoisotopic (exact) mass is 316 g/mol. The van der Waals surface area contributed by atoms with Crippen LogP contribution in [0.15, 0.2) is 28.9 Å². The molecule has 2 rings (SSSR count). The SMILES string of the molecule is COc1cc(F)c(C(Br)c2coc(C)c2)c(F)c1. The van der Waals surface area contributed by atoms with Crippen LogP contribution in [-0.2, 0) is 0 Å². The lowest BCUT2D eigenvalue weighted by Gasteiger charge is -2.12. The molecule has 0 saturated heterocycles. The summed E-state index contributed by atoms with van der Waals surface area (Å²) in [6, 6.07) is 4.03. The van der Waals surface area contributed by atoms with Crippen LogP contribution in [0.2, 0.25) is 0 Å². The minimum atomic E-state index is -0.660. The lowest BCUT2D eigenvalue weighted by molar-refractivity contribution is 0.405. The van der Waals surface area contributed by atoms with E-state index in [4.69, 9.17) is 9.15 Å². The molecule has 18 heavy (non-hydrogen) atoms. The second kappa shape index (κ2) is 5.10. The van der Waals surface area contributed by atoms with E-state index in [-0.39, 0.29) is 11.3 Å². The van der Waals surface area contributed by atoms with Crippen LogP contribution >= 0.6 is 15.9 Å². The Labute approximate surface area is 112 Å². The highest BCUT2D eigenvalue weighted by molar-refractivity contribution is 9.09. The highest BCUT2D eigenvalue weighted by atomic mass is 79.9. The topological polar surface area (TPSA) is 22.4 Å². The Balaban J connectivity index is 2.44. The summed E-state index contributed by atoms with van der Waals surface area (Å²) in [7, 11) is 1.36. The fraction of sp³-hybridized carbons (Fsp3) is 0.231. The van der Waals surface area contributed by atoms with Gasteiger partial charge in [0.2, 0.25) is 0 Å². The molecule has 96 valence electrons. The van der Waals surface area contributed by atoms with Crippen molar-refractivity contribution in [2.24, 2.45) is 0 Å². The number of hydrogen-bond acceptors (Lipinski definition) is 2. The summed E-state index contributed by atoms with van der Waals surface area (Å²) in [5.74, 6) is -0.485. The normalized spacial score (nSPS) is 12.5. The summed E-state index contributed by atoms with van der Waals surface area (Å²) >= 11 is 3.27.